The fraction of sp³-hybridized carbons (Fsp3) is 0.333. The summed E-state index contributed by atoms with van der Waals surface area (Å²) in [5.41, 5.74) is 0. The van der Waals surface area contributed by atoms with Gasteiger partial charge in [-0.05, 0) is 0 Å². The number of hydrogen-bond acceptors (Lipinski definition) is 4. The molecule has 0 aliphatic carbocycles. The maximum atomic E-state index is 10.1. The zero-order valence-corrected chi connectivity index (χ0v) is 8.20. The second kappa shape index (κ2) is 7.32. The molecule has 10 heavy (non-hydrogen) atoms. The van der Waals surface area contributed by atoms with Gasteiger partial charge < -0.3 is 8.58 Å². The van der Waals surface area contributed by atoms with Crippen LogP contribution in [0.3, 0.4) is 0 Å². The molecule has 0 saturated carbocycles. The van der Waals surface area contributed by atoms with Gasteiger partial charge in [-0.3, -0.25) is 0 Å². The zero-order valence-electron chi connectivity index (χ0n) is 4.41. The molecule has 0 saturated heterocycles. The van der Waals surface area contributed by atoms with Gasteiger partial charge in [0, 0.05) is 21.1 Å². The largest absolute Gasteiger partial charge is 0.347 e. The first kappa shape index (κ1) is 12.8. The first-order valence-corrected chi connectivity index (χ1v) is 2.45. The molecule has 0 fully saturated rings. The molecule has 4 nitrogen and oxygen atoms in total. The van der Waals surface area contributed by atoms with Crippen molar-refractivity contribution >= 4 is 35.7 Å². The van der Waals surface area contributed by atoms with Crippen molar-refractivity contribution in [2.45, 2.75) is 6.42 Å². The maximum absolute atomic E-state index is 10.1. The van der Waals surface area contributed by atoms with Gasteiger partial charge in [-0.1, -0.05) is 0 Å². The van der Waals surface area contributed by atoms with Crippen molar-refractivity contribution < 1.29 is 39.2 Å². The Morgan fingerprint density at radius 1 is 1.10 bits per heavy atom. The summed E-state index contributed by atoms with van der Waals surface area (Å²) in [6.45, 7) is 0. The van der Waals surface area contributed by atoms with E-state index in [-0.39, 0.29) is 21.1 Å². The topological polar surface area (TPSA) is 52.6 Å². The van der Waals surface area contributed by atoms with Crippen molar-refractivity contribution in [1.82, 2.24) is 0 Å². The molecule has 0 aromatic heterocycles. The molecule has 0 bridgehead atoms. The zero-order chi connectivity index (χ0) is 7.28. The second-order valence-electron chi connectivity index (χ2n) is 1.08. The minimum absolute atomic E-state index is 0. The van der Waals surface area contributed by atoms with Gasteiger partial charge >= 0.3 is 11.9 Å². The number of carbonyl (C=O) groups is 2. The van der Waals surface area contributed by atoms with E-state index in [9.17, 15) is 9.59 Å². The number of carbonyl (C=O) groups excluding carboxylic acids is 2. The molecular weight excluding hydrogens is 366 g/mol. The van der Waals surface area contributed by atoms with Gasteiger partial charge in [-0.25, -0.2) is 9.59 Å². The van der Waals surface area contributed by atoms with E-state index < -0.39 is 18.4 Å². The molecule has 7 heteroatoms. The summed E-state index contributed by atoms with van der Waals surface area (Å²) in [6.07, 6.45) is -0.576. The van der Waals surface area contributed by atoms with E-state index in [1.165, 1.54) is 0 Å². The van der Waals surface area contributed by atoms with E-state index in [2.05, 4.69) is 32.3 Å². The normalized spacial score (nSPS) is 7.40. The maximum Gasteiger partial charge on any atom is 0.335 e. The van der Waals surface area contributed by atoms with Crippen molar-refractivity contribution in [3.8, 4) is 0 Å². The van der Waals surface area contributed by atoms with Crippen molar-refractivity contribution in [3.63, 3.8) is 0 Å². The van der Waals surface area contributed by atoms with Crippen LogP contribution in [0.2, 0.25) is 0 Å². The number of rotatable bonds is 2. The van der Waals surface area contributed by atoms with Crippen LogP contribution in [0.15, 0.2) is 0 Å². The Morgan fingerprint density at radius 3 is 1.60 bits per heavy atom. The summed E-state index contributed by atoms with van der Waals surface area (Å²) in [5.74, 6) is -1.80. The quantitative estimate of drug-likeness (QED) is 0.676. The summed E-state index contributed by atoms with van der Waals surface area (Å²) < 4.78 is 7.19. The molecule has 0 N–H and O–H groups in total. The Kier molecular flexibility index (Phi) is 9.40. The van der Waals surface area contributed by atoms with Crippen LogP contribution in [0.1, 0.15) is 6.42 Å². The summed E-state index contributed by atoms with van der Waals surface area (Å²) >= 11 is 9.11. The molecule has 0 aliphatic heterocycles. The number of halogens is 2. The Morgan fingerprint density at radius 2 is 1.40 bits per heavy atom. The third-order valence-corrected chi connectivity index (χ3v) is 0.805. The summed E-state index contributed by atoms with van der Waals surface area (Å²) in [6, 6.07) is 0. The van der Waals surface area contributed by atoms with Crippen LogP contribution in [0.5, 0.6) is 0 Å². The molecule has 0 aromatic carbocycles. The summed E-state index contributed by atoms with van der Waals surface area (Å²) in [5, 5.41) is 0. The van der Waals surface area contributed by atoms with E-state index in [1.807, 2.05) is 0 Å². The number of hydrogen-bond donors (Lipinski definition) is 0. The molecule has 62 valence electrons. The fourth-order valence-electron chi connectivity index (χ4n) is 0.172. The van der Waals surface area contributed by atoms with E-state index in [0.717, 1.165) is 0 Å². The van der Waals surface area contributed by atoms with Crippen LogP contribution >= 0.6 is 23.7 Å². The molecule has 0 amide bonds. The average molecular weight is 368 g/mol. The van der Waals surface area contributed by atoms with Gasteiger partial charge in [0.05, 0.1) is 0 Å². The smallest absolute Gasteiger partial charge is 0.335 e. The molecule has 0 aliphatic rings. The third kappa shape index (κ3) is 6.33. The summed E-state index contributed by atoms with van der Waals surface area (Å²) in [7, 11) is 0. The Labute approximate surface area is 81.4 Å². The molecule has 0 atom stereocenters. The minimum atomic E-state index is -0.901. The second-order valence-corrected chi connectivity index (χ2v) is 1.38. The molecule has 0 unspecified atom stereocenters. The molecule has 0 heterocycles. The van der Waals surface area contributed by atoms with Crippen LogP contribution < -0.4 is 0 Å². The van der Waals surface area contributed by atoms with Crippen LogP contribution in [0.4, 0.5) is 0 Å². The van der Waals surface area contributed by atoms with E-state index in [0.29, 0.717) is 0 Å². The van der Waals surface area contributed by atoms with Crippen LogP contribution in [-0.4, -0.2) is 11.9 Å². The van der Waals surface area contributed by atoms with Crippen molar-refractivity contribution in [3.05, 3.63) is 0 Å². The van der Waals surface area contributed by atoms with Crippen LogP contribution in [0.25, 0.3) is 0 Å². The monoisotopic (exact) mass is 367 g/mol. The van der Waals surface area contributed by atoms with E-state index in [4.69, 9.17) is 0 Å². The molecule has 0 radical (unpaired) electrons. The van der Waals surface area contributed by atoms with Crippen molar-refractivity contribution in [1.29, 1.82) is 0 Å². The van der Waals surface area contributed by atoms with Gasteiger partial charge in [-0.15, -0.1) is 0 Å². The standard InChI is InChI=1S/C3H2Cl2O4.Pt/c4-8-2(6)1-3(7)9-5;/h1H2;. The van der Waals surface area contributed by atoms with Crippen LogP contribution in [0, 0.1) is 0 Å². The van der Waals surface area contributed by atoms with Gasteiger partial charge in [0.1, 0.15) is 30.2 Å². The fourth-order valence-corrected chi connectivity index (χ4v) is 0.282. The van der Waals surface area contributed by atoms with Gasteiger partial charge in [0.25, 0.3) is 0 Å². The van der Waals surface area contributed by atoms with Crippen molar-refractivity contribution in [2.24, 2.45) is 0 Å². The molecule has 0 rings (SSSR count). The Hall–Kier alpha value is 0.208. The summed E-state index contributed by atoms with van der Waals surface area (Å²) in [4.78, 5) is 20.1. The first-order valence-electron chi connectivity index (χ1n) is 1.83. The average Bonchev–Trinajstić information content (AvgIpc) is 1.87. The SMILES string of the molecule is O=C(CC(=O)OCl)OCl.[Pt]. The minimum Gasteiger partial charge on any atom is -0.347 e. The van der Waals surface area contributed by atoms with Gasteiger partial charge in [-0.2, -0.15) is 0 Å². The van der Waals surface area contributed by atoms with Crippen molar-refractivity contribution in [2.75, 3.05) is 0 Å². The predicted octanol–water partition coefficient (Wildman–Crippen LogP) is 0.768. The Balaban J connectivity index is 0. The Bertz CT molecular complexity index is 114. The van der Waals surface area contributed by atoms with Crippen LogP contribution in [-0.2, 0) is 39.2 Å². The van der Waals surface area contributed by atoms with E-state index >= 15 is 0 Å². The predicted molar refractivity (Wildman–Crippen MR) is 28.5 cm³/mol. The molecule has 0 spiro atoms. The third-order valence-electron chi connectivity index (χ3n) is 0.461. The van der Waals surface area contributed by atoms with Gasteiger partial charge in [0.2, 0.25) is 0 Å². The molecule has 0 aromatic rings. The first-order chi connectivity index (χ1) is 4.20. The molecular formula is C3H2Cl2O4Pt. The van der Waals surface area contributed by atoms with Gasteiger partial charge in [0.15, 0.2) is 0 Å². The van der Waals surface area contributed by atoms with E-state index in [1.54, 1.807) is 0 Å².